The number of esters is 1. The lowest BCUT2D eigenvalue weighted by Gasteiger charge is -2.30. The number of hydrogen-bond acceptors (Lipinski definition) is 4. The molecule has 3 aromatic rings. The van der Waals surface area contributed by atoms with Crippen LogP contribution in [0.15, 0.2) is 54.6 Å². The molecule has 3 aromatic carbocycles. The van der Waals surface area contributed by atoms with Gasteiger partial charge < -0.3 is 14.6 Å². The summed E-state index contributed by atoms with van der Waals surface area (Å²) in [4.78, 5) is 12.6. The molecule has 36 heavy (non-hydrogen) atoms. The van der Waals surface area contributed by atoms with Crippen molar-refractivity contribution in [2.75, 3.05) is 6.61 Å². The van der Waals surface area contributed by atoms with Crippen molar-refractivity contribution in [1.29, 1.82) is 0 Å². The third-order valence-corrected chi connectivity index (χ3v) is 6.86. The average Bonchev–Trinajstić information content (AvgIpc) is 2.87. The van der Waals surface area contributed by atoms with Crippen molar-refractivity contribution >= 4 is 5.97 Å². The molecule has 0 spiro atoms. The van der Waals surface area contributed by atoms with Crippen molar-refractivity contribution in [2.24, 2.45) is 5.92 Å². The Kier molecular flexibility index (Phi) is 7.99. The Morgan fingerprint density at radius 3 is 2.22 bits per heavy atom. The van der Waals surface area contributed by atoms with E-state index in [-0.39, 0.29) is 28.9 Å². The highest BCUT2D eigenvalue weighted by molar-refractivity contribution is 5.91. The van der Waals surface area contributed by atoms with Crippen LogP contribution in [0.5, 0.6) is 11.5 Å². The number of rotatable bonds is 7. The minimum atomic E-state index is -1.23. The van der Waals surface area contributed by atoms with Gasteiger partial charge in [-0.15, -0.1) is 0 Å². The van der Waals surface area contributed by atoms with Crippen LogP contribution in [0.25, 0.3) is 11.1 Å². The minimum absolute atomic E-state index is 0.149. The summed E-state index contributed by atoms with van der Waals surface area (Å²) >= 11 is 0. The summed E-state index contributed by atoms with van der Waals surface area (Å²) in [5.74, 6) is -3.41. The lowest BCUT2D eigenvalue weighted by molar-refractivity contribution is 0.0728. The zero-order chi connectivity index (χ0) is 25.8. The molecule has 7 heteroatoms. The lowest BCUT2D eigenvalue weighted by atomic mass is 9.76. The molecular weight excluding hydrogens is 469 g/mol. The fraction of sp³-hybridized carbons (Fsp3) is 0.345. The Morgan fingerprint density at radius 1 is 0.944 bits per heavy atom. The van der Waals surface area contributed by atoms with Gasteiger partial charge in [-0.3, -0.25) is 0 Å². The van der Waals surface area contributed by atoms with Gasteiger partial charge >= 0.3 is 5.97 Å². The Hall–Kier alpha value is -3.32. The molecule has 0 bridgehead atoms. The number of hydrogen-bond donors (Lipinski definition) is 1. The summed E-state index contributed by atoms with van der Waals surface area (Å²) in [7, 11) is 0. The Morgan fingerprint density at radius 2 is 1.61 bits per heavy atom. The average molecular weight is 499 g/mol. The normalized spacial score (nSPS) is 18.5. The van der Waals surface area contributed by atoms with Crippen LogP contribution in [-0.4, -0.2) is 23.8 Å². The number of benzene rings is 3. The maximum Gasteiger partial charge on any atom is 0.346 e. The fourth-order valence-corrected chi connectivity index (χ4v) is 4.78. The van der Waals surface area contributed by atoms with Crippen molar-refractivity contribution in [2.45, 2.75) is 51.6 Å². The first-order valence-electron chi connectivity index (χ1n) is 12.2. The predicted octanol–water partition coefficient (Wildman–Crippen LogP) is 7.04. The van der Waals surface area contributed by atoms with Crippen molar-refractivity contribution in [3.05, 3.63) is 83.2 Å². The van der Waals surface area contributed by atoms with Crippen LogP contribution in [0.2, 0.25) is 0 Å². The monoisotopic (exact) mass is 498 g/mol. The van der Waals surface area contributed by atoms with Gasteiger partial charge in [-0.05, 0) is 98.4 Å². The van der Waals surface area contributed by atoms with Crippen LogP contribution in [0, 0.1) is 23.4 Å². The van der Waals surface area contributed by atoms with E-state index in [0.29, 0.717) is 30.6 Å². The topological polar surface area (TPSA) is 55.8 Å². The highest BCUT2D eigenvalue weighted by Crippen LogP contribution is 2.39. The van der Waals surface area contributed by atoms with Gasteiger partial charge in [-0.1, -0.05) is 24.3 Å². The van der Waals surface area contributed by atoms with Gasteiger partial charge in [0.25, 0.3) is 0 Å². The third kappa shape index (κ3) is 5.57. The molecule has 0 heterocycles. The number of ether oxygens (including phenoxy) is 2. The van der Waals surface area contributed by atoms with Crippen molar-refractivity contribution in [3.63, 3.8) is 0 Å². The molecule has 1 saturated carbocycles. The van der Waals surface area contributed by atoms with Crippen LogP contribution in [-0.2, 0) is 0 Å². The smallest absolute Gasteiger partial charge is 0.346 e. The molecule has 1 fully saturated rings. The second-order valence-corrected chi connectivity index (χ2v) is 9.17. The number of aliphatic hydroxyl groups excluding tert-OH is 1. The van der Waals surface area contributed by atoms with E-state index in [1.165, 1.54) is 30.3 Å². The standard InChI is InChI=1S/C29H29F3O4/c1-3-35-26-15-10-21(16-25(26)30)19-8-11-22(12-9-19)36-29(34)24-14-13-23(27(31)28(24)32)20-6-4-18(5-7-20)17(2)33/h8-18,20,33H,3-7H2,1-2H3. The fourth-order valence-electron chi connectivity index (χ4n) is 4.78. The maximum atomic E-state index is 14.9. The molecule has 1 aliphatic carbocycles. The summed E-state index contributed by atoms with van der Waals surface area (Å²) in [5.41, 5.74) is 1.07. The SMILES string of the molecule is CCOc1ccc(-c2ccc(OC(=O)c3ccc(C4CCC(C(C)O)CC4)c(F)c3F)cc2)cc1F. The molecule has 1 N–H and O–H groups in total. The van der Waals surface area contributed by atoms with Gasteiger partial charge in [0.15, 0.2) is 23.2 Å². The molecule has 0 saturated heterocycles. The molecule has 190 valence electrons. The zero-order valence-electron chi connectivity index (χ0n) is 20.3. The summed E-state index contributed by atoms with van der Waals surface area (Å²) in [6.45, 7) is 3.88. The Labute approximate surface area is 208 Å². The largest absolute Gasteiger partial charge is 0.491 e. The van der Waals surface area contributed by atoms with Gasteiger partial charge in [-0.25, -0.2) is 18.0 Å². The number of aliphatic hydroxyl groups is 1. The number of carbonyl (C=O) groups excluding carboxylic acids is 1. The number of halogens is 3. The van der Waals surface area contributed by atoms with E-state index in [1.54, 1.807) is 38.1 Å². The second kappa shape index (κ2) is 11.2. The predicted molar refractivity (Wildman–Crippen MR) is 131 cm³/mol. The van der Waals surface area contributed by atoms with Gasteiger partial charge in [0, 0.05) is 0 Å². The molecule has 4 rings (SSSR count). The molecule has 0 amide bonds. The van der Waals surface area contributed by atoms with E-state index in [4.69, 9.17) is 9.47 Å². The van der Waals surface area contributed by atoms with Crippen molar-refractivity contribution in [3.8, 4) is 22.6 Å². The van der Waals surface area contributed by atoms with Gasteiger partial charge in [-0.2, -0.15) is 0 Å². The molecule has 1 unspecified atom stereocenters. The summed E-state index contributed by atoms with van der Waals surface area (Å²) in [6.07, 6.45) is 2.38. The highest BCUT2D eigenvalue weighted by Gasteiger charge is 2.29. The first-order chi connectivity index (χ1) is 17.3. The van der Waals surface area contributed by atoms with Crippen molar-refractivity contribution < 1.29 is 32.5 Å². The third-order valence-electron chi connectivity index (χ3n) is 6.86. The molecular formula is C29H29F3O4. The first-order valence-corrected chi connectivity index (χ1v) is 12.2. The number of carbonyl (C=O) groups is 1. The highest BCUT2D eigenvalue weighted by atomic mass is 19.2. The van der Waals surface area contributed by atoms with E-state index in [9.17, 15) is 23.1 Å². The van der Waals surface area contributed by atoms with Crippen LogP contribution < -0.4 is 9.47 Å². The Bertz CT molecular complexity index is 1220. The van der Waals surface area contributed by atoms with E-state index in [2.05, 4.69) is 0 Å². The molecule has 0 aliphatic heterocycles. The van der Waals surface area contributed by atoms with Crippen LogP contribution in [0.4, 0.5) is 13.2 Å². The lowest BCUT2D eigenvalue weighted by Crippen LogP contribution is -2.23. The van der Waals surface area contributed by atoms with E-state index in [0.717, 1.165) is 12.8 Å². The summed E-state index contributed by atoms with van der Waals surface area (Å²) in [6, 6.07) is 13.6. The zero-order valence-corrected chi connectivity index (χ0v) is 20.3. The second-order valence-electron chi connectivity index (χ2n) is 9.17. The molecule has 1 atom stereocenters. The maximum absolute atomic E-state index is 14.9. The molecule has 1 aliphatic rings. The quantitative estimate of drug-likeness (QED) is 0.280. The first kappa shape index (κ1) is 25.8. The van der Waals surface area contributed by atoms with Crippen molar-refractivity contribution in [1.82, 2.24) is 0 Å². The minimum Gasteiger partial charge on any atom is -0.491 e. The Balaban J connectivity index is 1.44. The van der Waals surface area contributed by atoms with E-state index < -0.39 is 35.1 Å². The van der Waals surface area contributed by atoms with Crippen LogP contribution >= 0.6 is 0 Å². The summed E-state index contributed by atoms with van der Waals surface area (Å²) in [5, 5.41) is 9.76. The summed E-state index contributed by atoms with van der Waals surface area (Å²) < 4.78 is 54.3. The van der Waals surface area contributed by atoms with Gasteiger partial charge in [0.05, 0.1) is 18.3 Å². The van der Waals surface area contributed by atoms with Gasteiger partial charge in [0.2, 0.25) is 0 Å². The molecule has 0 aromatic heterocycles. The van der Waals surface area contributed by atoms with Crippen LogP contribution in [0.3, 0.4) is 0 Å². The van der Waals surface area contributed by atoms with Gasteiger partial charge in [0.1, 0.15) is 5.75 Å². The van der Waals surface area contributed by atoms with E-state index >= 15 is 0 Å². The molecule has 4 nitrogen and oxygen atoms in total. The molecule has 0 radical (unpaired) electrons. The van der Waals surface area contributed by atoms with E-state index in [1.807, 2.05) is 0 Å². The van der Waals surface area contributed by atoms with Crippen LogP contribution in [0.1, 0.15) is 61.4 Å².